The zero-order valence-corrected chi connectivity index (χ0v) is 23.9. The molecular weight excluding hydrogens is 488 g/mol. The fraction of sp³-hybridized carbons (Fsp3) is 0.471. The Labute approximate surface area is 233 Å². The Balaban J connectivity index is 1.50. The summed E-state index contributed by atoms with van der Waals surface area (Å²) in [4.78, 5) is 25.2. The van der Waals surface area contributed by atoms with Crippen LogP contribution < -0.4 is 9.47 Å². The van der Waals surface area contributed by atoms with Crippen molar-refractivity contribution in [1.82, 2.24) is 0 Å². The second kappa shape index (κ2) is 16.6. The lowest BCUT2D eigenvalue weighted by atomic mass is 9.98. The predicted molar refractivity (Wildman–Crippen MR) is 158 cm³/mol. The fourth-order valence-corrected chi connectivity index (χ4v) is 4.46. The molecule has 3 rings (SSSR count). The van der Waals surface area contributed by atoms with E-state index in [1.807, 2.05) is 49.4 Å². The average Bonchev–Trinajstić information content (AvgIpc) is 2.96. The molecule has 0 aliphatic heterocycles. The van der Waals surface area contributed by atoms with Gasteiger partial charge in [-0.25, -0.2) is 4.79 Å². The average molecular weight is 533 g/mol. The van der Waals surface area contributed by atoms with Gasteiger partial charge in [0.25, 0.3) is 0 Å². The zero-order chi connectivity index (χ0) is 27.9. The molecule has 0 fully saturated rings. The maximum Gasteiger partial charge on any atom is 0.343 e. The number of rotatable bonds is 17. The largest absolute Gasteiger partial charge is 0.494 e. The quantitative estimate of drug-likeness (QED) is 0.0986. The molecule has 0 radical (unpaired) electrons. The molecule has 0 spiro atoms. The number of carbonyl (C=O) groups excluding carboxylic acids is 2. The van der Waals surface area contributed by atoms with Crippen molar-refractivity contribution < 1.29 is 23.8 Å². The highest BCUT2D eigenvalue weighted by Gasteiger charge is 2.17. The van der Waals surface area contributed by atoms with Gasteiger partial charge in [0, 0.05) is 0 Å². The number of fused-ring (bicyclic) bond motifs is 1. The third-order valence-corrected chi connectivity index (χ3v) is 7.00. The van der Waals surface area contributed by atoms with Crippen LogP contribution in [0.5, 0.6) is 11.5 Å². The molecule has 0 aromatic heterocycles. The Bertz CT molecular complexity index is 1170. The van der Waals surface area contributed by atoms with E-state index >= 15 is 0 Å². The van der Waals surface area contributed by atoms with Crippen LogP contribution in [0.25, 0.3) is 10.8 Å². The van der Waals surface area contributed by atoms with E-state index in [1.165, 1.54) is 32.1 Å². The molecule has 39 heavy (non-hydrogen) atoms. The Kier molecular flexibility index (Phi) is 12.8. The maximum absolute atomic E-state index is 12.7. The van der Waals surface area contributed by atoms with E-state index in [4.69, 9.17) is 14.2 Å². The summed E-state index contributed by atoms with van der Waals surface area (Å²) in [6, 6.07) is 18.5. The molecule has 3 aromatic carbocycles. The number of benzene rings is 3. The van der Waals surface area contributed by atoms with E-state index in [0.717, 1.165) is 54.2 Å². The van der Waals surface area contributed by atoms with Gasteiger partial charge in [-0.15, -0.1) is 0 Å². The molecule has 0 heterocycles. The van der Waals surface area contributed by atoms with Crippen molar-refractivity contribution in [2.75, 3.05) is 13.2 Å². The van der Waals surface area contributed by atoms with Crippen molar-refractivity contribution in [3.63, 3.8) is 0 Å². The minimum absolute atomic E-state index is 0.199. The molecule has 0 aliphatic rings. The molecular formula is C34H44O5. The van der Waals surface area contributed by atoms with Crippen LogP contribution in [-0.4, -0.2) is 25.2 Å². The molecule has 0 unspecified atom stereocenters. The summed E-state index contributed by atoms with van der Waals surface area (Å²) in [6.45, 7) is 7.41. The summed E-state index contributed by atoms with van der Waals surface area (Å²) in [7, 11) is 0. The Morgan fingerprint density at radius 2 is 1.26 bits per heavy atom. The van der Waals surface area contributed by atoms with Crippen LogP contribution in [0.4, 0.5) is 0 Å². The molecule has 0 saturated carbocycles. The van der Waals surface area contributed by atoms with E-state index in [9.17, 15) is 9.59 Å². The van der Waals surface area contributed by atoms with Gasteiger partial charge in [0.1, 0.15) is 11.5 Å². The molecule has 1 atom stereocenters. The molecule has 3 aromatic rings. The lowest BCUT2D eigenvalue weighted by Gasteiger charge is -2.13. The first-order valence-corrected chi connectivity index (χ1v) is 14.7. The highest BCUT2D eigenvalue weighted by atomic mass is 16.5. The topological polar surface area (TPSA) is 61.8 Å². The second-order valence-electron chi connectivity index (χ2n) is 10.2. The van der Waals surface area contributed by atoms with Crippen molar-refractivity contribution in [2.24, 2.45) is 0 Å². The predicted octanol–water partition coefficient (Wildman–Crippen LogP) is 9.03. The van der Waals surface area contributed by atoms with Crippen LogP contribution in [0, 0.1) is 0 Å². The molecule has 0 saturated heterocycles. The summed E-state index contributed by atoms with van der Waals surface area (Å²) in [5.74, 6) is 0.286. The highest BCUT2D eigenvalue weighted by Crippen LogP contribution is 2.27. The first-order valence-electron chi connectivity index (χ1n) is 14.7. The van der Waals surface area contributed by atoms with Crippen LogP contribution in [0.3, 0.4) is 0 Å². The normalized spacial score (nSPS) is 11.8. The second-order valence-corrected chi connectivity index (χ2v) is 10.2. The Morgan fingerprint density at radius 1 is 0.667 bits per heavy atom. The van der Waals surface area contributed by atoms with Gasteiger partial charge in [-0.3, -0.25) is 4.79 Å². The molecule has 0 N–H and O–H groups in total. The van der Waals surface area contributed by atoms with Crippen LogP contribution in [-0.2, 0) is 9.53 Å². The van der Waals surface area contributed by atoms with Crippen molar-refractivity contribution in [1.29, 1.82) is 0 Å². The lowest BCUT2D eigenvalue weighted by Crippen LogP contribution is -2.14. The van der Waals surface area contributed by atoms with Gasteiger partial charge in [0.15, 0.2) is 0 Å². The van der Waals surface area contributed by atoms with Crippen LogP contribution in [0.15, 0.2) is 60.7 Å². The summed E-state index contributed by atoms with van der Waals surface area (Å²) in [6.07, 6.45) is 11.6. The summed E-state index contributed by atoms with van der Waals surface area (Å²) in [5, 5.41) is 1.91. The number of esters is 2. The number of unbranched alkanes of at least 4 members (excludes halogenated alkanes) is 8. The van der Waals surface area contributed by atoms with Crippen LogP contribution in [0.2, 0.25) is 0 Å². The van der Waals surface area contributed by atoms with Crippen molar-refractivity contribution in [3.8, 4) is 11.5 Å². The van der Waals surface area contributed by atoms with Crippen molar-refractivity contribution in [2.45, 2.75) is 90.9 Å². The van der Waals surface area contributed by atoms with Gasteiger partial charge in [-0.2, -0.15) is 0 Å². The monoisotopic (exact) mass is 532 g/mol. The Hall–Kier alpha value is -3.34. The molecule has 210 valence electrons. The first-order chi connectivity index (χ1) is 19.0. The number of carbonyl (C=O) groups is 2. The van der Waals surface area contributed by atoms with Gasteiger partial charge in [-0.05, 0) is 72.5 Å². The van der Waals surface area contributed by atoms with Gasteiger partial charge in [-0.1, -0.05) is 89.5 Å². The highest BCUT2D eigenvalue weighted by molar-refractivity contribution is 5.92. The minimum Gasteiger partial charge on any atom is -0.494 e. The number of hydrogen-bond acceptors (Lipinski definition) is 5. The van der Waals surface area contributed by atoms with E-state index in [2.05, 4.69) is 13.8 Å². The van der Waals surface area contributed by atoms with Gasteiger partial charge >= 0.3 is 11.9 Å². The molecule has 0 amide bonds. The van der Waals surface area contributed by atoms with E-state index in [-0.39, 0.29) is 11.9 Å². The van der Waals surface area contributed by atoms with Crippen LogP contribution >= 0.6 is 0 Å². The van der Waals surface area contributed by atoms with Crippen molar-refractivity contribution >= 4 is 22.7 Å². The lowest BCUT2D eigenvalue weighted by molar-refractivity contribution is -0.145. The zero-order valence-electron chi connectivity index (χ0n) is 23.9. The SMILES string of the molecule is CCCCCCCCOc1ccc(C(=O)Oc2ccc3cc([C@H](C)C(=O)OCCCCCC)ccc3c2)cc1. The van der Waals surface area contributed by atoms with Gasteiger partial charge in [0.05, 0.1) is 24.7 Å². The van der Waals surface area contributed by atoms with Gasteiger partial charge < -0.3 is 14.2 Å². The molecule has 5 heteroatoms. The smallest absolute Gasteiger partial charge is 0.343 e. The molecule has 0 aliphatic carbocycles. The van der Waals surface area contributed by atoms with E-state index in [1.54, 1.807) is 18.2 Å². The summed E-state index contributed by atoms with van der Waals surface area (Å²) >= 11 is 0. The first kappa shape index (κ1) is 30.2. The molecule has 0 bridgehead atoms. The standard InChI is InChI=1S/C34H44O5/c1-4-6-8-10-11-13-22-37-31-19-16-27(17-20-31)34(36)39-32-21-18-29-24-28(14-15-30(29)25-32)26(3)33(35)38-23-12-9-7-5-2/h14-21,24-26H,4-13,22-23H2,1-3H3/t26-/m0/s1. The Morgan fingerprint density at radius 3 is 2.00 bits per heavy atom. The van der Waals surface area contributed by atoms with Gasteiger partial charge in [0.2, 0.25) is 0 Å². The third-order valence-electron chi connectivity index (χ3n) is 7.00. The van der Waals surface area contributed by atoms with Crippen LogP contribution in [0.1, 0.15) is 107 Å². The minimum atomic E-state index is -0.413. The maximum atomic E-state index is 12.7. The van der Waals surface area contributed by atoms with E-state index in [0.29, 0.717) is 24.5 Å². The summed E-state index contributed by atoms with van der Waals surface area (Å²) < 4.78 is 16.9. The fourth-order valence-electron chi connectivity index (χ4n) is 4.46. The number of ether oxygens (including phenoxy) is 3. The van der Waals surface area contributed by atoms with Crippen molar-refractivity contribution in [3.05, 3.63) is 71.8 Å². The summed E-state index contributed by atoms with van der Waals surface area (Å²) in [5.41, 5.74) is 1.38. The van der Waals surface area contributed by atoms with E-state index < -0.39 is 5.97 Å². The molecule has 5 nitrogen and oxygen atoms in total. The number of hydrogen-bond donors (Lipinski definition) is 0. The third kappa shape index (κ3) is 10.0.